The predicted octanol–water partition coefficient (Wildman–Crippen LogP) is 12.9. The Balaban J connectivity index is 1.13. The zero-order valence-corrected chi connectivity index (χ0v) is 27.6. The molecule has 0 amide bonds. The van der Waals surface area contributed by atoms with Crippen LogP contribution in [0.5, 0.6) is 0 Å². The molecule has 0 unspecified atom stereocenters. The van der Waals surface area contributed by atoms with Gasteiger partial charge in [-0.25, -0.2) is 0 Å². The summed E-state index contributed by atoms with van der Waals surface area (Å²) in [5.41, 5.74) is 11.5. The van der Waals surface area contributed by atoms with Crippen LogP contribution in [0.1, 0.15) is 6.42 Å². The van der Waals surface area contributed by atoms with Gasteiger partial charge in [0.2, 0.25) is 0 Å². The Kier molecular flexibility index (Phi) is 7.56. The van der Waals surface area contributed by atoms with Gasteiger partial charge in [0, 0.05) is 51.3 Å². The van der Waals surface area contributed by atoms with Crippen LogP contribution in [0, 0.1) is 0 Å². The van der Waals surface area contributed by atoms with E-state index in [4.69, 9.17) is 0 Å². The number of allylic oxidation sites excluding steroid dienone is 5. The number of para-hydroxylation sites is 2. The third-order valence-corrected chi connectivity index (χ3v) is 9.57. The smallest absolute Gasteiger partial charge is 0.0547 e. The summed E-state index contributed by atoms with van der Waals surface area (Å²) in [4.78, 5) is 2.36. The van der Waals surface area contributed by atoms with E-state index in [2.05, 4.69) is 209 Å². The number of aromatic nitrogens is 1. The summed E-state index contributed by atoms with van der Waals surface area (Å²) in [5.74, 6) is 0. The normalized spacial score (nSPS) is 12.7. The molecule has 0 saturated carbocycles. The van der Waals surface area contributed by atoms with Crippen LogP contribution in [0.15, 0.2) is 200 Å². The fourth-order valence-corrected chi connectivity index (χ4v) is 7.20. The average molecular weight is 642 g/mol. The van der Waals surface area contributed by atoms with E-state index in [1.165, 1.54) is 49.4 Å². The lowest BCUT2D eigenvalue weighted by atomic mass is 10.0. The molecule has 0 atom stereocenters. The first-order chi connectivity index (χ1) is 24.8. The number of benzene rings is 7. The maximum Gasteiger partial charge on any atom is 0.0547 e. The van der Waals surface area contributed by atoms with E-state index >= 15 is 0 Å². The van der Waals surface area contributed by atoms with Crippen LogP contribution in [0.4, 0.5) is 22.7 Å². The fourth-order valence-electron chi connectivity index (χ4n) is 7.20. The SMILES string of the molecule is C1=CC=C(Nc2ccc(-c3ccc(N(c4ccccc4)c4ccc5c(c4)c4c6ccccc6ccc4n5-c4ccccc4)cc3)cc2)CC=C1. The lowest BCUT2D eigenvalue weighted by Gasteiger charge is -2.26. The second-order valence-corrected chi connectivity index (χ2v) is 12.7. The number of nitrogens with one attached hydrogen (secondary N) is 1. The van der Waals surface area contributed by atoms with Crippen LogP contribution in [-0.4, -0.2) is 4.57 Å². The molecule has 0 radical (unpaired) electrons. The van der Waals surface area contributed by atoms with Crippen LogP contribution in [0.25, 0.3) is 49.4 Å². The van der Waals surface area contributed by atoms with Crippen LogP contribution < -0.4 is 10.2 Å². The van der Waals surface area contributed by atoms with E-state index in [0.29, 0.717) is 0 Å². The molecule has 50 heavy (non-hydrogen) atoms. The quantitative estimate of drug-likeness (QED) is 0.187. The van der Waals surface area contributed by atoms with Gasteiger partial charge in [-0.1, -0.05) is 115 Å². The molecule has 3 heteroatoms. The largest absolute Gasteiger partial charge is 0.359 e. The highest BCUT2D eigenvalue weighted by Gasteiger charge is 2.19. The molecule has 0 bridgehead atoms. The van der Waals surface area contributed by atoms with Gasteiger partial charge < -0.3 is 14.8 Å². The Hall–Kier alpha value is -6.58. The van der Waals surface area contributed by atoms with Crippen LogP contribution in [0.3, 0.4) is 0 Å². The first kappa shape index (κ1) is 29.6. The molecule has 0 saturated heterocycles. The molecule has 3 nitrogen and oxygen atoms in total. The van der Waals surface area contributed by atoms with Gasteiger partial charge in [0.15, 0.2) is 0 Å². The second kappa shape index (κ2) is 12.8. The monoisotopic (exact) mass is 641 g/mol. The molecule has 0 spiro atoms. The van der Waals surface area contributed by atoms with Crippen LogP contribution in [-0.2, 0) is 0 Å². The Morgan fingerprint density at radius 1 is 0.500 bits per heavy atom. The van der Waals surface area contributed by atoms with E-state index in [0.717, 1.165) is 34.9 Å². The van der Waals surface area contributed by atoms with Crippen molar-refractivity contribution in [3.05, 3.63) is 200 Å². The predicted molar refractivity (Wildman–Crippen MR) is 213 cm³/mol. The maximum absolute atomic E-state index is 3.55. The molecule has 1 aliphatic carbocycles. The van der Waals surface area contributed by atoms with Crippen molar-refractivity contribution < 1.29 is 0 Å². The number of nitrogens with zero attached hydrogens (tertiary/aromatic N) is 2. The van der Waals surface area contributed by atoms with Crippen molar-refractivity contribution in [3.63, 3.8) is 0 Å². The standard InChI is InChI=1S/C47H35N3/c1-2-6-15-37(14-5-1)48-38-26-21-34(22-27-38)35-23-28-41(29-24-35)49(39-16-7-3-8-17-39)42-30-32-45-44(33-42)47-43-20-12-11-13-36(43)25-31-46(47)50(45)40-18-9-4-10-19-40/h1-14,16-33,48H,15H2. The van der Waals surface area contributed by atoms with E-state index in [9.17, 15) is 0 Å². The number of hydrogen-bond acceptors (Lipinski definition) is 2. The molecule has 1 aliphatic rings. The van der Waals surface area contributed by atoms with Gasteiger partial charge >= 0.3 is 0 Å². The summed E-state index contributed by atoms with van der Waals surface area (Å²) < 4.78 is 2.39. The zero-order chi connectivity index (χ0) is 33.3. The van der Waals surface area contributed by atoms with Crippen molar-refractivity contribution in [1.29, 1.82) is 0 Å². The van der Waals surface area contributed by atoms with Gasteiger partial charge in [0.25, 0.3) is 0 Å². The minimum atomic E-state index is 0.896. The molecule has 1 aromatic heterocycles. The average Bonchev–Trinajstić information content (AvgIpc) is 3.29. The molecule has 8 aromatic rings. The number of anilines is 4. The van der Waals surface area contributed by atoms with Gasteiger partial charge in [-0.05, 0) is 101 Å². The van der Waals surface area contributed by atoms with Crippen molar-refractivity contribution in [2.75, 3.05) is 10.2 Å². The molecule has 7 aromatic carbocycles. The molecule has 238 valence electrons. The van der Waals surface area contributed by atoms with Crippen LogP contribution >= 0.6 is 0 Å². The number of rotatable bonds is 7. The summed E-state index contributed by atoms with van der Waals surface area (Å²) >= 11 is 0. The van der Waals surface area contributed by atoms with E-state index in [1.54, 1.807) is 0 Å². The molecular weight excluding hydrogens is 607 g/mol. The minimum Gasteiger partial charge on any atom is -0.359 e. The Bertz CT molecular complexity index is 2560. The summed E-state index contributed by atoms with van der Waals surface area (Å²) in [6, 6.07) is 59.1. The first-order valence-corrected chi connectivity index (χ1v) is 17.2. The molecule has 9 rings (SSSR count). The van der Waals surface area contributed by atoms with Crippen molar-refractivity contribution in [3.8, 4) is 16.8 Å². The van der Waals surface area contributed by atoms with E-state index in [-0.39, 0.29) is 0 Å². The molecular formula is C47H35N3. The Morgan fingerprint density at radius 2 is 1.16 bits per heavy atom. The van der Waals surface area contributed by atoms with Gasteiger partial charge in [0.05, 0.1) is 11.0 Å². The minimum absolute atomic E-state index is 0.896. The lowest BCUT2D eigenvalue weighted by Crippen LogP contribution is -2.09. The summed E-state index contributed by atoms with van der Waals surface area (Å²) in [7, 11) is 0. The summed E-state index contributed by atoms with van der Waals surface area (Å²) in [6.45, 7) is 0. The third-order valence-electron chi connectivity index (χ3n) is 9.57. The van der Waals surface area contributed by atoms with E-state index in [1.807, 2.05) is 0 Å². The van der Waals surface area contributed by atoms with Gasteiger partial charge in [-0.15, -0.1) is 0 Å². The van der Waals surface area contributed by atoms with E-state index < -0.39 is 0 Å². The molecule has 0 aliphatic heterocycles. The van der Waals surface area contributed by atoms with Gasteiger partial charge in [-0.2, -0.15) is 0 Å². The Morgan fingerprint density at radius 3 is 1.96 bits per heavy atom. The van der Waals surface area contributed by atoms with Crippen molar-refractivity contribution in [1.82, 2.24) is 4.57 Å². The first-order valence-electron chi connectivity index (χ1n) is 17.2. The molecule has 1 heterocycles. The maximum atomic E-state index is 3.55. The van der Waals surface area contributed by atoms with Crippen molar-refractivity contribution in [2.45, 2.75) is 6.42 Å². The van der Waals surface area contributed by atoms with Gasteiger partial charge in [0.1, 0.15) is 0 Å². The van der Waals surface area contributed by atoms with Crippen LogP contribution in [0.2, 0.25) is 0 Å². The second-order valence-electron chi connectivity index (χ2n) is 12.7. The lowest BCUT2D eigenvalue weighted by molar-refractivity contribution is 1.18. The zero-order valence-electron chi connectivity index (χ0n) is 27.6. The summed E-state index contributed by atoms with van der Waals surface area (Å²) in [6.07, 6.45) is 11.4. The highest BCUT2D eigenvalue weighted by Crippen LogP contribution is 2.42. The third kappa shape index (κ3) is 5.45. The van der Waals surface area contributed by atoms with Gasteiger partial charge in [-0.3, -0.25) is 0 Å². The number of hydrogen-bond donors (Lipinski definition) is 1. The summed E-state index contributed by atoms with van der Waals surface area (Å²) in [5, 5.41) is 8.56. The highest BCUT2D eigenvalue weighted by atomic mass is 15.1. The number of fused-ring (bicyclic) bond motifs is 5. The topological polar surface area (TPSA) is 20.2 Å². The van der Waals surface area contributed by atoms with Crippen molar-refractivity contribution in [2.24, 2.45) is 0 Å². The molecule has 1 N–H and O–H groups in total. The molecule has 0 fully saturated rings. The Labute approximate surface area is 292 Å². The van der Waals surface area contributed by atoms with Crippen molar-refractivity contribution >= 4 is 55.3 Å². The fraction of sp³-hybridized carbons (Fsp3) is 0.0213. The highest BCUT2D eigenvalue weighted by molar-refractivity contribution is 6.22.